The summed E-state index contributed by atoms with van der Waals surface area (Å²) in [6.07, 6.45) is -46.7. The Hall–Kier alpha value is -3.22. The number of aliphatic hydroxyl groups is 16. The summed E-state index contributed by atoms with van der Waals surface area (Å²) in [5.74, 6) is -4.01. The number of allylic oxidation sites excluding steroid dienone is 2. The molecule has 11 aliphatic rings. The van der Waals surface area contributed by atoms with E-state index in [0.717, 1.165) is 18.8 Å². The SMILES string of the molecule is CC(=O)OC[C@H]1O[C@@H](C[C@@H]2O[C@@H](O[C@@H]3[C@H](OC(=O)C45CCC(C)(C)CC4C4=CCC6C7(C)CCC(O[C@@H]8O[C@H](C(=O)O)[C@@H](O)[C@H](O)[C@H]8O[C@@H]8O[C@H](CO)[C@H](O)[C@H](O)[C@H]8O)[C@@](C)(C=O)C7CCC6(C)[C@]4(C)CC5)O[C@@H](C)[C@@H](O)[C@H]3O)[C@H](O)[C@H](O)[C@H]2O[C@@H]2OC[C@@H](O)[C@H](O)[C@H]2O)[C@H](O)[C@@H](O)[C@@H]1O. The van der Waals surface area contributed by atoms with Gasteiger partial charge in [-0.25, -0.2) is 4.79 Å². The lowest BCUT2D eigenvalue weighted by molar-refractivity contribution is -0.378. The first-order chi connectivity index (χ1) is 46.8. The zero-order valence-corrected chi connectivity index (χ0v) is 57.2. The molecule has 33 heteroatoms. The van der Waals surface area contributed by atoms with Crippen LogP contribution in [0.2, 0.25) is 0 Å². The van der Waals surface area contributed by atoms with Crippen molar-refractivity contribution in [1.82, 2.24) is 0 Å². The second kappa shape index (κ2) is 29.2. The molecule has 6 saturated heterocycles. The highest BCUT2D eigenvalue weighted by molar-refractivity contribution is 5.79. The molecule has 100 heavy (non-hydrogen) atoms. The van der Waals surface area contributed by atoms with Gasteiger partial charge in [-0.05, 0) is 111 Å². The van der Waals surface area contributed by atoms with E-state index in [2.05, 4.69) is 40.7 Å². The van der Waals surface area contributed by atoms with Crippen molar-refractivity contribution in [3.63, 3.8) is 0 Å². The Labute approximate surface area is 577 Å². The number of hydrogen-bond donors (Lipinski definition) is 17. The summed E-state index contributed by atoms with van der Waals surface area (Å²) in [7, 11) is 0. The molecule has 0 amide bonds. The predicted molar refractivity (Wildman–Crippen MR) is 330 cm³/mol. The predicted octanol–water partition coefficient (Wildman–Crippen LogP) is -4.46. The van der Waals surface area contributed by atoms with Gasteiger partial charge in [-0.15, -0.1) is 0 Å². The van der Waals surface area contributed by atoms with Crippen molar-refractivity contribution in [3.8, 4) is 0 Å². The van der Waals surface area contributed by atoms with Crippen molar-refractivity contribution in [2.45, 2.75) is 310 Å². The summed E-state index contributed by atoms with van der Waals surface area (Å²) in [6, 6.07) is 0. The smallest absolute Gasteiger partial charge is 0.335 e. The second-order valence-electron chi connectivity index (χ2n) is 31.9. The van der Waals surface area contributed by atoms with Gasteiger partial charge in [0.05, 0.1) is 48.5 Å². The minimum absolute atomic E-state index is 0.0799. The van der Waals surface area contributed by atoms with Crippen molar-refractivity contribution >= 4 is 24.2 Å². The van der Waals surface area contributed by atoms with Gasteiger partial charge in [0.2, 0.25) is 6.29 Å². The normalized spacial score (nSPS) is 53.2. The van der Waals surface area contributed by atoms with E-state index in [-0.39, 0.29) is 23.7 Å². The lowest BCUT2D eigenvalue weighted by atomic mass is 9.33. The molecule has 0 aromatic rings. The number of carbonyl (C=O) groups excluding carboxylic acids is 3. The molecule has 7 unspecified atom stereocenters. The standard InChI is InChI=1S/C67H104O33/c1-25-37(72)44(79)53(98-58-50(85)47(82)51(96-56-48(83)38(73)29(71)22-90-56)31(93-58)19-30-39(74)42(77)41(76)33(92-30)23-89-26(2)70)59(91-25)100-61(88)67-17-15-62(3,4)20-28(67)27-9-10-35-63(5)13-12-36(64(6,24-69)34(63)11-14-66(35,8)65(27,7)16-18-67)95-60-54(46(81)45(80)52(97-60)55(86)87)99-57-49(84)43(78)40(75)32(21-68)94-57/h9,24-25,28-54,56-60,68,71-85H,10-23H2,1-8H3,(H,86,87)/t25-,28?,29+,30-,31-,32+,33+,34?,35?,36?,37+,38-,39-,40-,41+,42+,43-,44+,45-,46-,47-,48+,49+,50+,51-,52-,53-,54+,56-,57-,58-,59-,60+,63?,64-,65+,66?,67?/m0/s1. The maximum atomic E-state index is 15.8. The Morgan fingerprint density at radius 1 is 0.560 bits per heavy atom. The number of aldehydes is 1. The maximum Gasteiger partial charge on any atom is 0.335 e. The lowest BCUT2D eigenvalue weighted by Gasteiger charge is -2.71. The van der Waals surface area contributed by atoms with Crippen LogP contribution in [0, 0.1) is 50.2 Å². The number of aliphatic carboxylic acids is 1. The number of hydrogen-bond acceptors (Lipinski definition) is 32. The molecule has 38 atom stereocenters. The highest BCUT2D eigenvalue weighted by atomic mass is 16.8. The monoisotopic (exact) mass is 1440 g/mol. The van der Waals surface area contributed by atoms with Crippen LogP contribution in [0.3, 0.4) is 0 Å². The number of carboxylic acid groups (broad SMARTS) is 1. The topological polar surface area (TPSA) is 523 Å². The zero-order chi connectivity index (χ0) is 73.2. The average molecular weight is 1440 g/mol. The Morgan fingerprint density at radius 2 is 1.14 bits per heavy atom. The molecule has 0 bridgehead atoms. The average Bonchev–Trinajstić information content (AvgIpc) is 0.674. The summed E-state index contributed by atoms with van der Waals surface area (Å²) in [5.41, 5.74) is -3.37. The molecule has 6 heterocycles. The van der Waals surface area contributed by atoms with Gasteiger partial charge in [0, 0.05) is 13.3 Å². The van der Waals surface area contributed by atoms with Gasteiger partial charge < -0.3 is 148 Å². The number of carboxylic acids is 1. The van der Waals surface area contributed by atoms with Gasteiger partial charge in [0.25, 0.3) is 0 Å². The molecular weight excluding hydrogens is 1330 g/mol. The van der Waals surface area contributed by atoms with Crippen LogP contribution in [0.15, 0.2) is 11.6 Å². The highest BCUT2D eigenvalue weighted by Gasteiger charge is 2.71. The highest BCUT2D eigenvalue weighted by Crippen LogP contribution is 2.76. The van der Waals surface area contributed by atoms with Crippen LogP contribution in [0.5, 0.6) is 0 Å². The van der Waals surface area contributed by atoms with E-state index in [0.29, 0.717) is 57.8 Å². The maximum absolute atomic E-state index is 15.8. The molecule has 17 N–H and O–H groups in total. The molecule has 0 radical (unpaired) electrons. The molecular formula is C67H104O33. The van der Waals surface area contributed by atoms with E-state index in [9.17, 15) is 101 Å². The summed E-state index contributed by atoms with van der Waals surface area (Å²) >= 11 is 0. The first-order valence-electron chi connectivity index (χ1n) is 34.9. The molecule has 6 aliphatic heterocycles. The van der Waals surface area contributed by atoms with Crippen LogP contribution in [0.4, 0.5) is 0 Å². The number of fused-ring (bicyclic) bond motifs is 7. The van der Waals surface area contributed by atoms with Crippen molar-refractivity contribution in [2.24, 2.45) is 50.2 Å². The largest absolute Gasteiger partial charge is 0.479 e. The molecule has 570 valence electrons. The fraction of sp³-hybridized carbons (Fsp3) is 0.910. The van der Waals surface area contributed by atoms with E-state index in [4.69, 9.17) is 56.8 Å². The number of aliphatic hydroxyl groups excluding tert-OH is 16. The van der Waals surface area contributed by atoms with Gasteiger partial charge in [-0.3, -0.25) is 9.59 Å². The molecule has 33 nitrogen and oxygen atoms in total. The fourth-order valence-electron chi connectivity index (χ4n) is 19.3. The number of esters is 2. The lowest BCUT2D eigenvalue weighted by Crippen LogP contribution is -2.68. The minimum atomic E-state index is -2.16. The summed E-state index contributed by atoms with van der Waals surface area (Å²) in [5, 5.41) is 186. The molecule has 5 aliphatic carbocycles. The fourth-order valence-corrected chi connectivity index (χ4v) is 19.3. The molecule has 0 aromatic heterocycles. The summed E-state index contributed by atoms with van der Waals surface area (Å²) in [6.45, 7) is 13.3. The van der Waals surface area contributed by atoms with Gasteiger partial charge in [-0.2, -0.15) is 0 Å². The Bertz CT molecular complexity index is 2940. The van der Waals surface area contributed by atoms with Crippen molar-refractivity contribution in [2.75, 3.05) is 19.8 Å². The Balaban J connectivity index is 0.843. The third-order valence-electron chi connectivity index (χ3n) is 25.6. The summed E-state index contributed by atoms with van der Waals surface area (Å²) < 4.78 is 71.6. The second-order valence-corrected chi connectivity index (χ2v) is 31.9. The van der Waals surface area contributed by atoms with E-state index >= 15 is 4.79 Å². The van der Waals surface area contributed by atoms with Crippen LogP contribution in [-0.2, 0) is 76.0 Å². The van der Waals surface area contributed by atoms with Crippen molar-refractivity contribution < 1.29 is 163 Å². The van der Waals surface area contributed by atoms with Crippen LogP contribution >= 0.6 is 0 Å². The van der Waals surface area contributed by atoms with Crippen LogP contribution in [0.25, 0.3) is 0 Å². The van der Waals surface area contributed by atoms with Gasteiger partial charge >= 0.3 is 17.9 Å². The quantitative estimate of drug-likeness (QED) is 0.0283. The minimum Gasteiger partial charge on any atom is -0.479 e. The van der Waals surface area contributed by atoms with Crippen molar-refractivity contribution in [1.29, 1.82) is 0 Å². The van der Waals surface area contributed by atoms with Gasteiger partial charge in [-0.1, -0.05) is 53.2 Å². The number of rotatable bonds is 17. The summed E-state index contributed by atoms with van der Waals surface area (Å²) in [4.78, 5) is 54.0. The van der Waals surface area contributed by atoms with E-state index < -0.39 is 261 Å². The molecule has 10 fully saturated rings. The molecule has 0 aromatic carbocycles. The molecule has 0 spiro atoms. The van der Waals surface area contributed by atoms with E-state index in [1.54, 1.807) is 6.92 Å². The Morgan fingerprint density at radius 3 is 1.79 bits per heavy atom. The van der Waals surface area contributed by atoms with E-state index in [1.165, 1.54) is 6.92 Å². The van der Waals surface area contributed by atoms with Crippen LogP contribution in [0.1, 0.15) is 126 Å². The van der Waals surface area contributed by atoms with E-state index in [1.807, 2.05) is 0 Å². The first kappa shape index (κ1) is 77.9. The van der Waals surface area contributed by atoms with Crippen LogP contribution in [-0.4, -0.2) is 315 Å². The molecule has 4 saturated carbocycles. The van der Waals surface area contributed by atoms with Gasteiger partial charge in [0.15, 0.2) is 37.4 Å². The first-order valence-corrected chi connectivity index (χ1v) is 34.9. The Kier molecular flexibility index (Phi) is 22.7. The van der Waals surface area contributed by atoms with Crippen molar-refractivity contribution in [3.05, 3.63) is 11.6 Å². The number of ether oxygens (including phenoxy) is 12. The van der Waals surface area contributed by atoms with Crippen LogP contribution < -0.4 is 0 Å². The number of carbonyl (C=O) groups is 4. The third kappa shape index (κ3) is 13.5. The zero-order valence-electron chi connectivity index (χ0n) is 57.2. The third-order valence-corrected chi connectivity index (χ3v) is 25.6. The molecule has 11 rings (SSSR count). The van der Waals surface area contributed by atoms with Gasteiger partial charge in [0.1, 0.15) is 129 Å².